The molecule has 3 rings (SSSR count). The van der Waals surface area contributed by atoms with Gasteiger partial charge in [0.2, 0.25) is 5.91 Å². The van der Waals surface area contributed by atoms with E-state index in [0.29, 0.717) is 0 Å². The van der Waals surface area contributed by atoms with Crippen molar-refractivity contribution < 1.29 is 4.79 Å². The number of guanidine groups is 1. The van der Waals surface area contributed by atoms with Crippen molar-refractivity contribution >= 4 is 47.2 Å². The number of hydrogen-bond donors (Lipinski definition) is 2. The maximum absolute atomic E-state index is 12.1. The molecule has 2 N–H and O–H groups in total. The minimum Gasteiger partial charge on any atom is -0.357 e. The third kappa shape index (κ3) is 6.09. The van der Waals surface area contributed by atoms with Gasteiger partial charge >= 0.3 is 0 Å². The van der Waals surface area contributed by atoms with Gasteiger partial charge in [0.05, 0.1) is 0 Å². The summed E-state index contributed by atoms with van der Waals surface area (Å²) in [5.41, 5.74) is 1.48. The van der Waals surface area contributed by atoms with Crippen molar-refractivity contribution in [2.75, 3.05) is 45.8 Å². The summed E-state index contributed by atoms with van der Waals surface area (Å²) >= 11 is 1.88. The molecule has 0 unspecified atom stereocenters. The van der Waals surface area contributed by atoms with Crippen LogP contribution >= 0.6 is 35.3 Å². The molecule has 1 aromatic rings. The lowest BCUT2D eigenvalue weighted by molar-refractivity contribution is -0.128. The summed E-state index contributed by atoms with van der Waals surface area (Å²) in [6.45, 7) is 8.84. The zero-order valence-corrected chi connectivity index (χ0v) is 18.6. The lowest BCUT2D eigenvalue weighted by atomic mass is 10.1. The van der Waals surface area contributed by atoms with Crippen molar-refractivity contribution in [1.29, 1.82) is 0 Å². The van der Waals surface area contributed by atoms with Gasteiger partial charge in [-0.2, -0.15) is 0 Å². The molecule has 2 aliphatic heterocycles. The van der Waals surface area contributed by atoms with Gasteiger partial charge in [-0.1, -0.05) is 0 Å². The number of hydrogen-bond acceptors (Lipinski definition) is 4. The molecule has 146 valence electrons. The molecule has 0 bridgehead atoms. The molecule has 1 aromatic heterocycles. The van der Waals surface area contributed by atoms with Crippen LogP contribution < -0.4 is 10.6 Å². The first kappa shape index (κ1) is 21.4. The summed E-state index contributed by atoms with van der Waals surface area (Å²) in [5, 5.41) is 8.78. The van der Waals surface area contributed by atoms with Crippen molar-refractivity contribution in [3.05, 3.63) is 21.9 Å². The van der Waals surface area contributed by atoms with Gasteiger partial charge < -0.3 is 15.5 Å². The number of amides is 1. The number of halogens is 1. The monoisotopic (exact) mass is 491 g/mol. The van der Waals surface area contributed by atoms with E-state index in [1.165, 1.54) is 5.56 Å². The Labute approximate surface area is 177 Å². The van der Waals surface area contributed by atoms with Crippen molar-refractivity contribution in [3.8, 4) is 0 Å². The van der Waals surface area contributed by atoms with Crippen LogP contribution in [0.25, 0.3) is 0 Å². The number of rotatable bonds is 6. The standard InChI is InChI=1S/C18H29N5OS.HI/c1-2-19-18(21-13-17(24)23-8-3-4-9-23)20-7-11-22-10-5-16-15(14-22)6-12-25-16;/h6,12H,2-5,7-11,13-14H2,1H3,(H2,19,20,21);1H. The first-order valence-electron chi connectivity index (χ1n) is 9.34. The highest BCUT2D eigenvalue weighted by atomic mass is 127. The maximum atomic E-state index is 12.1. The lowest BCUT2D eigenvalue weighted by Gasteiger charge is -2.27. The van der Waals surface area contributed by atoms with Crippen LogP contribution in [0.15, 0.2) is 16.4 Å². The van der Waals surface area contributed by atoms with Crippen LogP contribution in [0, 0.1) is 0 Å². The molecule has 1 saturated heterocycles. The summed E-state index contributed by atoms with van der Waals surface area (Å²) in [5.74, 6) is 0.874. The number of fused-ring (bicyclic) bond motifs is 1. The number of carbonyl (C=O) groups excluding carboxylic acids is 1. The fraction of sp³-hybridized carbons (Fsp3) is 0.667. The van der Waals surface area contributed by atoms with Gasteiger partial charge in [-0.05, 0) is 43.2 Å². The van der Waals surface area contributed by atoms with Crippen LogP contribution in [0.5, 0.6) is 0 Å². The predicted octanol–water partition coefficient (Wildman–Crippen LogP) is 1.90. The molecule has 0 aromatic carbocycles. The highest BCUT2D eigenvalue weighted by Gasteiger charge is 2.18. The van der Waals surface area contributed by atoms with Gasteiger partial charge in [-0.3, -0.25) is 9.69 Å². The van der Waals surface area contributed by atoms with Gasteiger partial charge in [-0.15, -0.1) is 35.3 Å². The van der Waals surface area contributed by atoms with Crippen LogP contribution in [0.4, 0.5) is 0 Å². The molecule has 26 heavy (non-hydrogen) atoms. The van der Waals surface area contributed by atoms with Crippen molar-refractivity contribution in [2.24, 2.45) is 4.99 Å². The zero-order chi connectivity index (χ0) is 17.5. The topological polar surface area (TPSA) is 60.0 Å². The summed E-state index contributed by atoms with van der Waals surface area (Å²) in [6, 6.07) is 2.25. The summed E-state index contributed by atoms with van der Waals surface area (Å²) in [6.07, 6.45) is 3.40. The minimum absolute atomic E-state index is 0. The van der Waals surface area contributed by atoms with E-state index in [1.807, 2.05) is 23.2 Å². The third-order valence-electron chi connectivity index (χ3n) is 4.78. The molecule has 6 nitrogen and oxygen atoms in total. The first-order chi connectivity index (χ1) is 12.3. The molecular formula is C18H30IN5OS. The number of likely N-dealkylation sites (tertiary alicyclic amines) is 1. The largest absolute Gasteiger partial charge is 0.357 e. The van der Waals surface area contributed by atoms with Gasteiger partial charge in [0.15, 0.2) is 5.96 Å². The first-order valence-corrected chi connectivity index (χ1v) is 10.2. The van der Waals surface area contributed by atoms with Gasteiger partial charge in [0.1, 0.15) is 6.54 Å². The Morgan fingerprint density at radius 2 is 2.08 bits per heavy atom. The van der Waals surface area contributed by atoms with E-state index in [9.17, 15) is 4.79 Å². The summed E-state index contributed by atoms with van der Waals surface area (Å²) in [7, 11) is 0. The van der Waals surface area contributed by atoms with Crippen LogP contribution in [0.2, 0.25) is 0 Å². The van der Waals surface area contributed by atoms with Crippen molar-refractivity contribution in [2.45, 2.75) is 32.7 Å². The number of aliphatic imine (C=N–C) groups is 1. The molecular weight excluding hydrogens is 461 g/mol. The van der Waals surface area contributed by atoms with Gasteiger partial charge in [-0.25, -0.2) is 4.99 Å². The second-order valence-electron chi connectivity index (χ2n) is 6.60. The van der Waals surface area contributed by atoms with E-state index < -0.39 is 0 Å². The molecule has 1 fully saturated rings. The van der Waals surface area contributed by atoms with E-state index >= 15 is 0 Å². The van der Waals surface area contributed by atoms with Crippen LogP contribution in [0.1, 0.15) is 30.2 Å². The highest BCUT2D eigenvalue weighted by molar-refractivity contribution is 14.0. The van der Waals surface area contributed by atoms with Crippen LogP contribution in [-0.4, -0.2) is 67.5 Å². The van der Waals surface area contributed by atoms with Crippen LogP contribution in [-0.2, 0) is 17.8 Å². The molecule has 2 aliphatic rings. The third-order valence-corrected chi connectivity index (χ3v) is 5.81. The molecule has 0 radical (unpaired) electrons. The SMILES string of the molecule is CCNC(=NCC(=O)N1CCCC1)NCCN1CCc2sccc2C1.I. The molecule has 0 aliphatic carbocycles. The minimum atomic E-state index is 0. The van der Waals surface area contributed by atoms with Gasteiger partial charge in [0, 0.05) is 50.7 Å². The zero-order valence-electron chi connectivity index (χ0n) is 15.5. The Balaban J connectivity index is 0.00000243. The van der Waals surface area contributed by atoms with Crippen molar-refractivity contribution in [3.63, 3.8) is 0 Å². The van der Waals surface area contributed by atoms with E-state index in [-0.39, 0.29) is 36.4 Å². The van der Waals surface area contributed by atoms with Gasteiger partial charge in [0.25, 0.3) is 0 Å². The Bertz CT molecular complexity index is 600. The van der Waals surface area contributed by atoms with E-state index in [2.05, 4.69) is 32.0 Å². The predicted molar refractivity (Wildman–Crippen MR) is 119 cm³/mol. The highest BCUT2D eigenvalue weighted by Crippen LogP contribution is 2.23. The molecule has 8 heteroatoms. The summed E-state index contributed by atoms with van der Waals surface area (Å²) < 4.78 is 0. The molecule has 3 heterocycles. The molecule has 0 spiro atoms. The quantitative estimate of drug-likeness (QED) is 0.363. The van der Waals surface area contributed by atoms with Crippen LogP contribution in [0.3, 0.4) is 0 Å². The lowest BCUT2D eigenvalue weighted by Crippen LogP contribution is -2.43. The van der Waals surface area contributed by atoms with E-state index in [4.69, 9.17) is 0 Å². The Morgan fingerprint density at radius 3 is 2.85 bits per heavy atom. The maximum Gasteiger partial charge on any atom is 0.244 e. The normalized spacial score (nSPS) is 17.6. The summed E-state index contributed by atoms with van der Waals surface area (Å²) in [4.78, 5) is 22.5. The fourth-order valence-corrected chi connectivity index (χ4v) is 4.27. The Hall–Kier alpha value is -0.870. The molecule has 1 amide bonds. The Kier molecular flexibility index (Phi) is 9.13. The average Bonchev–Trinajstić information content (AvgIpc) is 3.30. The number of thiophene rings is 1. The van der Waals surface area contributed by atoms with Crippen molar-refractivity contribution in [1.82, 2.24) is 20.4 Å². The second kappa shape index (κ2) is 11.1. The molecule has 0 atom stereocenters. The smallest absolute Gasteiger partial charge is 0.244 e. The second-order valence-corrected chi connectivity index (χ2v) is 7.61. The molecule has 0 saturated carbocycles. The van der Waals surface area contributed by atoms with E-state index in [0.717, 1.165) is 71.0 Å². The Morgan fingerprint density at radius 1 is 1.27 bits per heavy atom. The number of nitrogens with one attached hydrogen (secondary N) is 2. The van der Waals surface area contributed by atoms with E-state index in [1.54, 1.807) is 4.88 Å². The number of nitrogens with zero attached hydrogens (tertiary/aromatic N) is 3. The number of carbonyl (C=O) groups is 1. The fourth-order valence-electron chi connectivity index (χ4n) is 3.39. The average molecular weight is 491 g/mol.